The summed E-state index contributed by atoms with van der Waals surface area (Å²) in [7, 11) is 0. The Kier molecular flexibility index (Phi) is 7.97. The molecule has 2 aliphatic rings. The normalized spacial score (nSPS) is 12.5. The molecular formula is C50H34BN3S2. The van der Waals surface area contributed by atoms with Gasteiger partial charge in [-0.2, -0.15) is 0 Å². The largest absolute Gasteiger partial charge is 0.311 e. The van der Waals surface area contributed by atoms with E-state index >= 15 is 0 Å². The molecule has 0 saturated carbocycles. The fraction of sp³-hybridized carbons (Fsp3) is 0. The van der Waals surface area contributed by atoms with Gasteiger partial charge in [0.25, 0.3) is 6.71 Å². The van der Waals surface area contributed by atoms with Gasteiger partial charge in [0, 0.05) is 53.4 Å². The molecule has 0 unspecified atom stereocenters. The third-order valence-electron chi connectivity index (χ3n) is 10.8. The van der Waals surface area contributed by atoms with Crippen LogP contribution in [0, 0.1) is 0 Å². The van der Waals surface area contributed by atoms with Crippen LogP contribution in [-0.2, 0) is 0 Å². The van der Waals surface area contributed by atoms with Crippen LogP contribution < -0.4 is 29.7 Å². The molecule has 0 aliphatic carbocycles. The van der Waals surface area contributed by atoms with Gasteiger partial charge in [-0.3, -0.25) is 0 Å². The highest BCUT2D eigenvalue weighted by molar-refractivity contribution is 7.38. The summed E-state index contributed by atoms with van der Waals surface area (Å²) in [5, 5.41) is 0. The van der Waals surface area contributed by atoms with Crippen molar-refractivity contribution in [3.63, 3.8) is 0 Å². The highest BCUT2D eigenvalue weighted by Crippen LogP contribution is 2.51. The van der Waals surface area contributed by atoms with Crippen molar-refractivity contribution in [2.24, 2.45) is 0 Å². The second-order valence-electron chi connectivity index (χ2n) is 14.1. The van der Waals surface area contributed by atoms with Gasteiger partial charge in [0.15, 0.2) is 0 Å². The molecule has 2 aromatic heterocycles. The molecule has 6 heteroatoms. The Balaban J connectivity index is 1.26. The van der Waals surface area contributed by atoms with Gasteiger partial charge in [-0.25, -0.2) is 0 Å². The van der Waals surface area contributed by atoms with Crippen LogP contribution >= 0.6 is 22.7 Å². The molecule has 9 aromatic rings. The molecule has 0 fully saturated rings. The Morgan fingerprint density at radius 3 is 1.11 bits per heavy atom. The van der Waals surface area contributed by atoms with Gasteiger partial charge in [-0.1, -0.05) is 133 Å². The number of anilines is 9. The molecule has 0 amide bonds. The monoisotopic (exact) mass is 751 g/mol. The lowest BCUT2D eigenvalue weighted by Gasteiger charge is -2.42. The molecule has 0 atom stereocenters. The number of thiophene rings is 2. The van der Waals surface area contributed by atoms with Crippen LogP contribution in [0.1, 0.15) is 0 Å². The first-order valence-corrected chi connectivity index (χ1v) is 20.6. The predicted octanol–water partition coefficient (Wildman–Crippen LogP) is 12.7. The fourth-order valence-corrected chi connectivity index (χ4v) is 11.0. The van der Waals surface area contributed by atoms with E-state index in [0.29, 0.717) is 0 Å². The second kappa shape index (κ2) is 13.6. The van der Waals surface area contributed by atoms with E-state index in [1.54, 1.807) is 0 Å². The zero-order valence-corrected chi connectivity index (χ0v) is 32.0. The smallest absolute Gasteiger partial charge is 0.277 e. The molecule has 0 N–H and O–H groups in total. The first-order chi connectivity index (χ1) is 27.8. The molecule has 56 heavy (non-hydrogen) atoms. The first-order valence-electron chi connectivity index (χ1n) is 19.0. The maximum Gasteiger partial charge on any atom is 0.277 e. The maximum atomic E-state index is 2.52. The third-order valence-corrected chi connectivity index (χ3v) is 13.3. The molecule has 0 saturated heterocycles. The van der Waals surface area contributed by atoms with Crippen LogP contribution in [0.5, 0.6) is 0 Å². The van der Waals surface area contributed by atoms with Gasteiger partial charge in [-0.05, 0) is 89.4 Å². The van der Waals surface area contributed by atoms with E-state index in [1.165, 1.54) is 58.6 Å². The fourth-order valence-electron chi connectivity index (χ4n) is 8.40. The molecule has 0 radical (unpaired) electrons. The third kappa shape index (κ3) is 5.41. The summed E-state index contributed by atoms with van der Waals surface area (Å²) in [5.41, 5.74) is 14.3. The van der Waals surface area contributed by atoms with E-state index in [4.69, 9.17) is 0 Å². The Morgan fingerprint density at radius 1 is 0.357 bits per heavy atom. The molecular weight excluding hydrogens is 718 g/mol. The highest BCUT2D eigenvalue weighted by Gasteiger charge is 2.46. The predicted molar refractivity (Wildman–Crippen MR) is 242 cm³/mol. The molecule has 11 rings (SSSR count). The SMILES string of the molecule is c1ccc(-c2cc3c(s2)B2c4sc(-c5ccccc5)cc4N(c4ccccc4)c4cc(N(c5ccccc5)c5ccccc5)cc(c42)N3c2ccccc2)cc1. The summed E-state index contributed by atoms with van der Waals surface area (Å²) in [4.78, 5) is 9.98. The second-order valence-corrected chi connectivity index (χ2v) is 16.3. The number of nitrogens with zero attached hydrogens (tertiary/aromatic N) is 3. The van der Waals surface area contributed by atoms with Gasteiger partial charge >= 0.3 is 0 Å². The zero-order chi connectivity index (χ0) is 37.0. The molecule has 0 spiro atoms. The van der Waals surface area contributed by atoms with Crippen molar-refractivity contribution in [1.29, 1.82) is 0 Å². The van der Waals surface area contributed by atoms with Gasteiger partial charge in [0.2, 0.25) is 0 Å². The van der Waals surface area contributed by atoms with Crippen LogP contribution in [0.2, 0.25) is 0 Å². The van der Waals surface area contributed by atoms with E-state index in [-0.39, 0.29) is 6.71 Å². The van der Waals surface area contributed by atoms with Crippen molar-refractivity contribution in [2.75, 3.05) is 14.7 Å². The van der Waals surface area contributed by atoms with Crippen LogP contribution in [0.4, 0.5) is 51.2 Å². The number of hydrogen-bond acceptors (Lipinski definition) is 5. The Bertz CT molecular complexity index is 2620. The van der Waals surface area contributed by atoms with Crippen molar-refractivity contribution in [3.05, 3.63) is 206 Å². The van der Waals surface area contributed by atoms with E-state index in [1.807, 2.05) is 22.7 Å². The highest BCUT2D eigenvalue weighted by atomic mass is 32.1. The summed E-state index contributed by atoms with van der Waals surface area (Å²) in [6.45, 7) is 0.0470. The number of hydrogen-bond donors (Lipinski definition) is 0. The van der Waals surface area contributed by atoms with E-state index in [2.05, 4.69) is 221 Å². The van der Waals surface area contributed by atoms with Crippen molar-refractivity contribution in [3.8, 4) is 20.9 Å². The van der Waals surface area contributed by atoms with E-state index in [9.17, 15) is 0 Å². The van der Waals surface area contributed by atoms with Crippen molar-refractivity contribution in [2.45, 2.75) is 0 Å². The molecule has 4 heterocycles. The first kappa shape index (κ1) is 32.8. The van der Waals surface area contributed by atoms with E-state index < -0.39 is 0 Å². The average molecular weight is 752 g/mol. The quantitative estimate of drug-likeness (QED) is 0.150. The average Bonchev–Trinajstić information content (AvgIpc) is 3.92. The van der Waals surface area contributed by atoms with E-state index in [0.717, 1.165) is 28.4 Å². The summed E-state index contributed by atoms with van der Waals surface area (Å²) in [6, 6.07) is 74.8. The van der Waals surface area contributed by atoms with Crippen molar-refractivity contribution < 1.29 is 0 Å². The molecule has 0 bridgehead atoms. The Labute approximate surface area is 335 Å². The summed E-state index contributed by atoms with van der Waals surface area (Å²) >= 11 is 3.86. The van der Waals surface area contributed by atoms with Crippen LogP contribution in [0.3, 0.4) is 0 Å². The minimum Gasteiger partial charge on any atom is -0.311 e. The minimum atomic E-state index is 0.0470. The van der Waals surface area contributed by atoms with Crippen molar-refractivity contribution >= 4 is 95.6 Å². The van der Waals surface area contributed by atoms with Crippen LogP contribution in [0.15, 0.2) is 206 Å². The lowest BCUT2D eigenvalue weighted by atomic mass is 9.39. The zero-order valence-electron chi connectivity index (χ0n) is 30.4. The van der Waals surface area contributed by atoms with Crippen LogP contribution in [-0.4, -0.2) is 6.71 Å². The maximum absolute atomic E-state index is 2.52. The Hall–Kier alpha value is -6.60. The lowest BCUT2D eigenvalue weighted by Crippen LogP contribution is -2.59. The van der Waals surface area contributed by atoms with Crippen molar-refractivity contribution in [1.82, 2.24) is 0 Å². The number of rotatable bonds is 7. The number of para-hydroxylation sites is 4. The number of fused-ring (bicyclic) bond motifs is 4. The summed E-state index contributed by atoms with van der Waals surface area (Å²) in [6.07, 6.45) is 0. The van der Waals surface area contributed by atoms with Crippen LogP contribution in [0.25, 0.3) is 20.9 Å². The lowest BCUT2D eigenvalue weighted by molar-refractivity contribution is 1.23. The molecule has 2 aliphatic heterocycles. The van der Waals surface area contributed by atoms with Gasteiger partial charge in [-0.15, -0.1) is 22.7 Å². The standard InChI is InChI=1S/C50H34BN3S2/c1-7-19-35(20-8-1)46-33-44-49(55-46)51-48-42(53(44)39-27-15-5-16-28-39)31-41(52(37-23-11-3-12-24-37)38-25-13-4-14-26-38)32-43(48)54(40-29-17-6-18-30-40)45-34-47(56-50(45)51)36-21-9-2-10-22-36/h1-34H. The molecule has 7 aromatic carbocycles. The van der Waals surface area contributed by atoms with Gasteiger partial charge < -0.3 is 14.7 Å². The molecule has 264 valence electrons. The van der Waals surface area contributed by atoms with Gasteiger partial charge in [0.05, 0.1) is 17.1 Å². The Morgan fingerprint density at radius 2 is 0.714 bits per heavy atom. The minimum absolute atomic E-state index is 0.0470. The summed E-state index contributed by atoms with van der Waals surface area (Å²) in [5.74, 6) is 0. The van der Waals surface area contributed by atoms with Gasteiger partial charge in [0.1, 0.15) is 0 Å². The molecule has 3 nitrogen and oxygen atoms in total. The number of benzene rings is 7. The topological polar surface area (TPSA) is 9.72 Å². The summed E-state index contributed by atoms with van der Waals surface area (Å²) < 4.78 is 2.74.